The molecule has 2 N–H and O–H groups in total. The normalized spacial score (nSPS) is 12.1. The average Bonchev–Trinajstić information content (AvgIpc) is 2.83. The van der Waals surface area contributed by atoms with Gasteiger partial charge in [-0.25, -0.2) is 4.98 Å². The molecule has 1 aromatic carbocycles. The molecule has 0 aliphatic rings. The molecule has 0 aliphatic carbocycles. The third-order valence-corrected chi connectivity index (χ3v) is 3.26. The molecular formula is C15H19N3O2. The largest absolute Gasteiger partial charge is 0.463 e. The number of carbonyl (C=O) groups excluding carboxylic acids is 1. The lowest BCUT2D eigenvalue weighted by Gasteiger charge is -2.13. The van der Waals surface area contributed by atoms with Crippen molar-refractivity contribution in [3.8, 4) is 0 Å². The van der Waals surface area contributed by atoms with Gasteiger partial charge in [-0.1, -0.05) is 12.1 Å². The third kappa shape index (κ3) is 3.38. The Bertz CT molecular complexity index is 592. The Morgan fingerprint density at radius 3 is 2.95 bits per heavy atom. The molecule has 0 radical (unpaired) electrons. The molecule has 0 fully saturated rings. The number of hydrogen-bond acceptors (Lipinski definition) is 4. The fourth-order valence-corrected chi connectivity index (χ4v) is 1.97. The molecule has 1 aromatic heterocycles. The number of rotatable bonds is 5. The van der Waals surface area contributed by atoms with E-state index in [1.54, 1.807) is 18.3 Å². The summed E-state index contributed by atoms with van der Waals surface area (Å²) < 4.78 is 7.24. The summed E-state index contributed by atoms with van der Waals surface area (Å²) in [4.78, 5) is 16.1. The zero-order valence-corrected chi connectivity index (χ0v) is 11.7. The number of anilines is 1. The van der Waals surface area contributed by atoms with Crippen LogP contribution in [0.4, 0.5) is 5.69 Å². The zero-order chi connectivity index (χ0) is 14.5. The lowest BCUT2D eigenvalue weighted by molar-refractivity contribution is -0.145. The van der Waals surface area contributed by atoms with Crippen molar-refractivity contribution in [2.75, 3.05) is 12.3 Å². The van der Waals surface area contributed by atoms with Gasteiger partial charge >= 0.3 is 5.97 Å². The number of benzene rings is 1. The van der Waals surface area contributed by atoms with Crippen molar-refractivity contribution in [1.82, 2.24) is 9.55 Å². The van der Waals surface area contributed by atoms with Crippen molar-refractivity contribution in [2.45, 2.75) is 26.3 Å². The minimum Gasteiger partial charge on any atom is -0.463 e. The minimum absolute atomic E-state index is 0.242. The van der Waals surface area contributed by atoms with E-state index in [2.05, 4.69) is 4.98 Å². The van der Waals surface area contributed by atoms with Crippen LogP contribution in [0.25, 0.3) is 0 Å². The summed E-state index contributed by atoms with van der Waals surface area (Å²) in [6.07, 6.45) is 3.59. The lowest BCUT2D eigenvalue weighted by Crippen LogP contribution is -2.17. The summed E-state index contributed by atoms with van der Waals surface area (Å²) >= 11 is 0. The van der Waals surface area contributed by atoms with Crippen molar-refractivity contribution in [1.29, 1.82) is 0 Å². The van der Waals surface area contributed by atoms with Crippen LogP contribution in [0.5, 0.6) is 0 Å². The zero-order valence-electron chi connectivity index (χ0n) is 11.7. The second-order valence-electron chi connectivity index (χ2n) is 4.73. The molecule has 1 atom stereocenters. The third-order valence-electron chi connectivity index (χ3n) is 3.26. The second-order valence-corrected chi connectivity index (χ2v) is 4.73. The summed E-state index contributed by atoms with van der Waals surface area (Å²) in [5.41, 5.74) is 7.23. The fraction of sp³-hybridized carbons (Fsp3) is 0.333. The molecule has 0 aliphatic heterocycles. The summed E-state index contributed by atoms with van der Waals surface area (Å²) in [6.45, 7) is 4.68. The SMILES string of the molecule is Cc1nccn1CCOC(=O)C(C)c1cccc(N)c1. The van der Waals surface area contributed by atoms with Gasteiger partial charge in [0, 0.05) is 18.1 Å². The van der Waals surface area contributed by atoms with Gasteiger partial charge < -0.3 is 15.0 Å². The Kier molecular flexibility index (Phi) is 4.40. The number of imidazole rings is 1. The Labute approximate surface area is 118 Å². The molecule has 5 heteroatoms. The van der Waals surface area contributed by atoms with Crippen LogP contribution in [0.2, 0.25) is 0 Å². The Hall–Kier alpha value is -2.30. The average molecular weight is 273 g/mol. The first kappa shape index (κ1) is 14.1. The topological polar surface area (TPSA) is 70.1 Å². The van der Waals surface area contributed by atoms with Crippen molar-refractivity contribution in [3.05, 3.63) is 48.0 Å². The predicted octanol–water partition coefficient (Wildman–Crippen LogP) is 2.12. The summed E-state index contributed by atoms with van der Waals surface area (Å²) in [7, 11) is 0. The van der Waals surface area contributed by atoms with Crippen molar-refractivity contribution in [3.63, 3.8) is 0 Å². The monoisotopic (exact) mass is 273 g/mol. The van der Waals surface area contributed by atoms with Crippen LogP contribution in [-0.2, 0) is 16.1 Å². The molecule has 0 spiro atoms. The highest BCUT2D eigenvalue weighted by atomic mass is 16.5. The number of carbonyl (C=O) groups is 1. The minimum atomic E-state index is -0.317. The van der Waals surface area contributed by atoms with Gasteiger partial charge in [0.2, 0.25) is 0 Å². The Balaban J connectivity index is 1.87. The van der Waals surface area contributed by atoms with E-state index in [0.717, 1.165) is 11.4 Å². The first-order valence-corrected chi connectivity index (χ1v) is 6.57. The number of esters is 1. The van der Waals surface area contributed by atoms with E-state index in [-0.39, 0.29) is 11.9 Å². The van der Waals surface area contributed by atoms with Crippen LogP contribution < -0.4 is 5.73 Å². The van der Waals surface area contributed by atoms with Gasteiger partial charge in [0.1, 0.15) is 12.4 Å². The number of aromatic nitrogens is 2. The smallest absolute Gasteiger partial charge is 0.313 e. The predicted molar refractivity (Wildman–Crippen MR) is 77.2 cm³/mol. The first-order chi connectivity index (χ1) is 9.58. The highest BCUT2D eigenvalue weighted by Crippen LogP contribution is 2.19. The van der Waals surface area contributed by atoms with Gasteiger partial charge in [-0.15, -0.1) is 0 Å². The van der Waals surface area contributed by atoms with Gasteiger partial charge in [-0.05, 0) is 31.5 Å². The van der Waals surface area contributed by atoms with Gasteiger partial charge in [0.05, 0.1) is 12.5 Å². The molecule has 20 heavy (non-hydrogen) atoms. The van der Waals surface area contributed by atoms with Gasteiger partial charge in [0.25, 0.3) is 0 Å². The van der Waals surface area contributed by atoms with Crippen LogP contribution in [0.15, 0.2) is 36.7 Å². The number of nitrogens with zero attached hydrogens (tertiary/aromatic N) is 2. The molecule has 1 unspecified atom stereocenters. The van der Waals surface area contributed by atoms with E-state index in [1.807, 2.05) is 36.7 Å². The molecule has 0 saturated heterocycles. The summed E-state index contributed by atoms with van der Waals surface area (Å²) in [5.74, 6) is 0.348. The van der Waals surface area contributed by atoms with Gasteiger partial charge in [-0.3, -0.25) is 4.79 Å². The lowest BCUT2D eigenvalue weighted by atomic mass is 10.0. The van der Waals surface area contributed by atoms with E-state index in [4.69, 9.17) is 10.5 Å². The van der Waals surface area contributed by atoms with E-state index in [1.165, 1.54) is 0 Å². The van der Waals surface area contributed by atoms with Crippen molar-refractivity contribution in [2.24, 2.45) is 0 Å². The van der Waals surface area contributed by atoms with Crippen LogP contribution in [-0.4, -0.2) is 22.1 Å². The maximum atomic E-state index is 12.0. The summed E-state index contributed by atoms with van der Waals surface area (Å²) in [5, 5.41) is 0. The Morgan fingerprint density at radius 2 is 2.30 bits per heavy atom. The molecule has 0 amide bonds. The van der Waals surface area contributed by atoms with Crippen LogP contribution in [0.3, 0.4) is 0 Å². The van der Waals surface area contributed by atoms with E-state index in [9.17, 15) is 4.79 Å². The second kappa shape index (κ2) is 6.23. The molecular weight excluding hydrogens is 254 g/mol. The summed E-state index contributed by atoms with van der Waals surface area (Å²) in [6, 6.07) is 7.31. The van der Waals surface area contributed by atoms with Crippen molar-refractivity contribution >= 4 is 11.7 Å². The Morgan fingerprint density at radius 1 is 1.50 bits per heavy atom. The van der Waals surface area contributed by atoms with Gasteiger partial charge in [0.15, 0.2) is 0 Å². The highest BCUT2D eigenvalue weighted by molar-refractivity contribution is 5.78. The standard InChI is InChI=1S/C15H19N3O2/c1-11(13-4-3-5-14(16)10-13)15(19)20-9-8-18-7-6-17-12(18)2/h3-7,10-11H,8-9,16H2,1-2H3. The van der Waals surface area contributed by atoms with Crippen LogP contribution >= 0.6 is 0 Å². The molecule has 0 saturated carbocycles. The van der Waals surface area contributed by atoms with Crippen LogP contribution in [0, 0.1) is 6.92 Å². The molecule has 106 valence electrons. The number of aryl methyl sites for hydroxylation is 1. The highest BCUT2D eigenvalue weighted by Gasteiger charge is 2.16. The van der Waals surface area contributed by atoms with Gasteiger partial charge in [-0.2, -0.15) is 0 Å². The molecule has 0 bridgehead atoms. The van der Waals surface area contributed by atoms with Crippen molar-refractivity contribution < 1.29 is 9.53 Å². The van der Waals surface area contributed by atoms with E-state index in [0.29, 0.717) is 18.8 Å². The van der Waals surface area contributed by atoms with E-state index >= 15 is 0 Å². The molecule has 2 rings (SSSR count). The molecule has 1 heterocycles. The first-order valence-electron chi connectivity index (χ1n) is 6.57. The number of nitrogen functional groups attached to an aromatic ring is 1. The maximum absolute atomic E-state index is 12.0. The quantitative estimate of drug-likeness (QED) is 0.669. The fourth-order valence-electron chi connectivity index (χ4n) is 1.97. The number of hydrogen-bond donors (Lipinski definition) is 1. The molecule has 2 aromatic rings. The van der Waals surface area contributed by atoms with Crippen LogP contribution in [0.1, 0.15) is 24.2 Å². The maximum Gasteiger partial charge on any atom is 0.313 e. The number of nitrogens with two attached hydrogens (primary N) is 1. The number of ether oxygens (including phenoxy) is 1. The van der Waals surface area contributed by atoms with E-state index < -0.39 is 0 Å². The molecule has 5 nitrogen and oxygen atoms in total.